The number of halogens is 2. The van der Waals surface area contributed by atoms with Gasteiger partial charge in [0.25, 0.3) is 0 Å². The van der Waals surface area contributed by atoms with Gasteiger partial charge in [0.2, 0.25) is 0 Å². The third kappa shape index (κ3) is 68.3. The molecule has 0 saturated heterocycles. The maximum Gasteiger partial charge on any atom is 0.0785 e. The summed E-state index contributed by atoms with van der Waals surface area (Å²) in [6.45, 7) is 0. The topological polar surface area (TPSA) is 0 Å². The normalized spacial score (nSPS) is 3.00. The summed E-state index contributed by atoms with van der Waals surface area (Å²) in [4.78, 5) is 0. The van der Waals surface area contributed by atoms with E-state index >= 15 is 0 Å². The molecule has 0 spiro atoms. The highest BCUT2D eigenvalue weighted by molar-refractivity contribution is 6.15. The highest BCUT2D eigenvalue weighted by Crippen LogP contribution is 1.34. The Balaban J connectivity index is 0. The van der Waals surface area contributed by atoms with Gasteiger partial charge in [0.1, 0.15) is 0 Å². The first kappa shape index (κ1) is 8.88. The molecular formula is C2H6ClF. The van der Waals surface area contributed by atoms with Crippen LogP contribution >= 0.6 is 11.6 Å². The van der Waals surface area contributed by atoms with E-state index in [1.807, 2.05) is 0 Å². The van der Waals surface area contributed by atoms with Gasteiger partial charge in [-0.05, 0) is 0 Å². The van der Waals surface area contributed by atoms with E-state index in [9.17, 15) is 4.39 Å². The molecule has 0 aliphatic rings. The molecule has 0 saturated carbocycles. The van der Waals surface area contributed by atoms with Gasteiger partial charge < -0.3 is 0 Å². The van der Waals surface area contributed by atoms with E-state index < -0.39 is 0 Å². The van der Waals surface area contributed by atoms with Gasteiger partial charge in [-0.25, -0.2) is 0 Å². The fourth-order valence-electron chi connectivity index (χ4n) is 0. The lowest BCUT2D eigenvalue weighted by atomic mass is 11.9. The Labute approximate surface area is 30.6 Å². The molecular weight excluding hydrogens is 78.5 g/mol. The third-order valence-corrected chi connectivity index (χ3v) is 0. The van der Waals surface area contributed by atoms with Gasteiger partial charge in [-0.15, -0.1) is 11.6 Å². The van der Waals surface area contributed by atoms with Crippen molar-refractivity contribution in [1.82, 2.24) is 0 Å². The molecule has 2 heteroatoms. The number of hydrogen-bond donors (Lipinski definition) is 0. The summed E-state index contributed by atoms with van der Waals surface area (Å²) in [5.41, 5.74) is 0. The molecule has 0 bridgehead atoms. The Morgan fingerprint density at radius 3 is 1.25 bits per heavy atom. The Morgan fingerprint density at radius 2 is 1.25 bits per heavy atom. The fourth-order valence-corrected chi connectivity index (χ4v) is 0. The fraction of sp³-hybridized carbons (Fsp3) is 1.00. The molecule has 0 rings (SSSR count). The van der Waals surface area contributed by atoms with Crippen molar-refractivity contribution in [2.75, 3.05) is 13.6 Å². The van der Waals surface area contributed by atoms with Gasteiger partial charge in [-0.3, -0.25) is 4.39 Å². The largest absolute Gasteiger partial charge is 0.255 e. The van der Waals surface area contributed by atoms with Gasteiger partial charge in [0, 0.05) is 6.38 Å². The molecule has 0 heterocycles. The van der Waals surface area contributed by atoms with E-state index in [-0.39, 0.29) is 0 Å². The quantitative estimate of drug-likeness (QED) is 0.390. The van der Waals surface area contributed by atoms with Gasteiger partial charge in [-0.2, -0.15) is 0 Å². The molecule has 0 aliphatic carbocycles. The van der Waals surface area contributed by atoms with Crippen LogP contribution in [0.1, 0.15) is 0 Å². The van der Waals surface area contributed by atoms with Gasteiger partial charge in [0.05, 0.1) is 7.18 Å². The first-order valence-corrected chi connectivity index (χ1v) is 1.51. The van der Waals surface area contributed by atoms with Crippen molar-refractivity contribution in [1.29, 1.82) is 0 Å². The maximum absolute atomic E-state index is 9.50. The van der Waals surface area contributed by atoms with Crippen molar-refractivity contribution in [3.05, 3.63) is 0 Å². The second-order valence-corrected chi connectivity index (χ2v) is 0. The van der Waals surface area contributed by atoms with Crippen LogP contribution in [0.2, 0.25) is 0 Å². The molecule has 0 aromatic carbocycles. The molecule has 4 heavy (non-hydrogen) atoms. The van der Waals surface area contributed by atoms with E-state index in [0.29, 0.717) is 7.18 Å². The summed E-state index contributed by atoms with van der Waals surface area (Å²) in [7, 11) is 0.500. The summed E-state index contributed by atoms with van der Waals surface area (Å²) in [5, 5.41) is 0. The average molecular weight is 84.5 g/mol. The first-order valence-electron chi connectivity index (χ1n) is 0.756. The summed E-state index contributed by atoms with van der Waals surface area (Å²) in [6.07, 6.45) is 1.47. The molecule has 0 radical (unpaired) electrons. The molecule has 0 aromatic rings. The minimum absolute atomic E-state index is 0.500. The predicted molar refractivity (Wildman–Crippen MR) is 18.8 cm³/mol. The second-order valence-electron chi connectivity index (χ2n) is 0. The van der Waals surface area contributed by atoms with Crippen LogP contribution < -0.4 is 0 Å². The van der Waals surface area contributed by atoms with Crippen LogP contribution in [0, 0.1) is 0 Å². The second kappa shape index (κ2) is 328. The Bertz CT molecular complexity index is 6.00. The lowest BCUT2D eigenvalue weighted by Crippen LogP contribution is -0.939. The Kier molecular flexibility index (Phi) is 728. The van der Waals surface area contributed by atoms with Gasteiger partial charge >= 0.3 is 0 Å². The Hall–Kier alpha value is 0.220. The van der Waals surface area contributed by atoms with Gasteiger partial charge in [-0.1, -0.05) is 0 Å². The van der Waals surface area contributed by atoms with E-state index in [1.165, 1.54) is 6.38 Å². The highest BCUT2D eigenvalue weighted by atomic mass is 35.5. The van der Waals surface area contributed by atoms with E-state index in [4.69, 9.17) is 0 Å². The zero-order valence-electron chi connectivity index (χ0n) is 2.76. The van der Waals surface area contributed by atoms with Crippen LogP contribution in [-0.2, 0) is 0 Å². The number of alkyl halides is 2. The van der Waals surface area contributed by atoms with Crippen molar-refractivity contribution >= 4 is 11.6 Å². The van der Waals surface area contributed by atoms with Crippen molar-refractivity contribution < 1.29 is 4.39 Å². The maximum atomic E-state index is 9.50. The third-order valence-electron chi connectivity index (χ3n) is 0. The molecule has 0 nitrogen and oxygen atoms in total. The monoisotopic (exact) mass is 84.0 g/mol. The molecule has 0 aromatic heterocycles. The molecule has 0 N–H and O–H groups in total. The first-order chi connectivity index (χ1) is 2.00. The summed E-state index contributed by atoms with van der Waals surface area (Å²) in [6, 6.07) is 0. The minimum Gasteiger partial charge on any atom is -0.255 e. The summed E-state index contributed by atoms with van der Waals surface area (Å²) >= 11 is 4.64. The molecule has 0 amide bonds. The van der Waals surface area contributed by atoms with Crippen molar-refractivity contribution in [3.63, 3.8) is 0 Å². The predicted octanol–water partition coefficient (Wildman–Crippen LogP) is 1.44. The highest BCUT2D eigenvalue weighted by Gasteiger charge is 0.943. The number of rotatable bonds is 0. The standard InChI is InChI=1S/CH3Cl.CH3F/c2*1-2/h2*1H3. The van der Waals surface area contributed by atoms with Crippen LogP contribution in [0.5, 0.6) is 0 Å². The van der Waals surface area contributed by atoms with Crippen LogP contribution in [0.3, 0.4) is 0 Å². The zero-order valence-corrected chi connectivity index (χ0v) is 3.51. The molecule has 0 fully saturated rings. The van der Waals surface area contributed by atoms with Gasteiger partial charge in [0.15, 0.2) is 0 Å². The summed E-state index contributed by atoms with van der Waals surface area (Å²) in [5.74, 6) is 0. The van der Waals surface area contributed by atoms with Crippen molar-refractivity contribution in [3.8, 4) is 0 Å². The van der Waals surface area contributed by atoms with E-state index in [0.717, 1.165) is 0 Å². The van der Waals surface area contributed by atoms with Crippen LogP contribution in [-0.4, -0.2) is 13.6 Å². The van der Waals surface area contributed by atoms with E-state index in [2.05, 4.69) is 11.6 Å². The molecule has 0 unspecified atom stereocenters. The smallest absolute Gasteiger partial charge is 0.0785 e. The Morgan fingerprint density at radius 1 is 1.25 bits per heavy atom. The van der Waals surface area contributed by atoms with Crippen molar-refractivity contribution in [2.24, 2.45) is 0 Å². The lowest BCUT2D eigenvalue weighted by Gasteiger charge is -1.10. The van der Waals surface area contributed by atoms with Crippen molar-refractivity contribution in [2.45, 2.75) is 0 Å². The minimum atomic E-state index is 0.500. The SMILES string of the molecule is CCl.CF. The van der Waals surface area contributed by atoms with Crippen LogP contribution in [0.15, 0.2) is 0 Å². The van der Waals surface area contributed by atoms with Crippen LogP contribution in [0.4, 0.5) is 4.39 Å². The summed E-state index contributed by atoms with van der Waals surface area (Å²) < 4.78 is 9.50. The number of hydrogen-bond acceptors (Lipinski definition) is 0. The molecule has 0 aliphatic heterocycles. The lowest BCUT2D eigenvalue weighted by molar-refractivity contribution is 0.636. The van der Waals surface area contributed by atoms with Crippen LogP contribution in [0.25, 0.3) is 0 Å². The zero-order chi connectivity index (χ0) is 4.00. The van der Waals surface area contributed by atoms with E-state index in [1.54, 1.807) is 0 Å². The molecule has 0 atom stereocenters. The molecule has 28 valence electrons. The average Bonchev–Trinajstić information content (AvgIpc) is 1.50.